The van der Waals surface area contributed by atoms with Crippen LogP contribution in [0.2, 0.25) is 0 Å². The smallest absolute Gasteiger partial charge is 0.109 e. The second kappa shape index (κ2) is 4.79. The number of nitriles is 1. The van der Waals surface area contributed by atoms with E-state index in [-0.39, 0.29) is 5.54 Å². The number of rotatable bonds is 3. The molecule has 0 spiro atoms. The summed E-state index contributed by atoms with van der Waals surface area (Å²) in [5, 5.41) is 12.8. The highest BCUT2D eigenvalue weighted by Crippen LogP contribution is 2.37. The largest absolute Gasteiger partial charge is 0.299 e. The zero-order valence-electron chi connectivity index (χ0n) is 9.64. The summed E-state index contributed by atoms with van der Waals surface area (Å²) in [5.74, 6) is 1.15. The minimum atomic E-state index is -0.242. The van der Waals surface area contributed by atoms with Crippen molar-refractivity contribution >= 4 is 0 Å². The summed E-state index contributed by atoms with van der Waals surface area (Å²) in [4.78, 5) is 0. The van der Waals surface area contributed by atoms with E-state index in [1.807, 2.05) is 0 Å². The van der Waals surface area contributed by atoms with Gasteiger partial charge in [0.2, 0.25) is 0 Å². The molecule has 0 radical (unpaired) electrons. The van der Waals surface area contributed by atoms with Crippen LogP contribution in [0.15, 0.2) is 0 Å². The number of hydrogen-bond donors (Lipinski definition) is 1. The molecule has 1 rings (SSSR count). The lowest BCUT2D eigenvalue weighted by Crippen LogP contribution is -2.53. The van der Waals surface area contributed by atoms with Crippen molar-refractivity contribution in [3.05, 3.63) is 0 Å². The van der Waals surface area contributed by atoms with Gasteiger partial charge in [0, 0.05) is 0 Å². The molecule has 0 saturated heterocycles. The Morgan fingerprint density at radius 3 is 2.79 bits per heavy atom. The van der Waals surface area contributed by atoms with Crippen LogP contribution in [0.25, 0.3) is 0 Å². The number of hydrogen-bond acceptors (Lipinski definition) is 2. The zero-order valence-corrected chi connectivity index (χ0v) is 9.64. The molecule has 0 bridgehead atoms. The molecule has 0 amide bonds. The van der Waals surface area contributed by atoms with Gasteiger partial charge >= 0.3 is 0 Å². The molecule has 1 aliphatic rings. The van der Waals surface area contributed by atoms with Crippen LogP contribution in [0.3, 0.4) is 0 Å². The van der Waals surface area contributed by atoms with Crippen molar-refractivity contribution in [2.75, 3.05) is 6.54 Å². The summed E-state index contributed by atoms with van der Waals surface area (Å²) in [5.41, 5.74) is -0.242. The third kappa shape index (κ3) is 2.09. The van der Waals surface area contributed by atoms with E-state index in [4.69, 9.17) is 0 Å². The van der Waals surface area contributed by atoms with Crippen LogP contribution < -0.4 is 5.32 Å². The van der Waals surface area contributed by atoms with Gasteiger partial charge in [-0.05, 0) is 31.2 Å². The highest BCUT2D eigenvalue weighted by molar-refractivity contribution is 5.12. The van der Waals surface area contributed by atoms with E-state index in [1.165, 1.54) is 12.8 Å². The summed E-state index contributed by atoms with van der Waals surface area (Å²) in [6.45, 7) is 7.60. The summed E-state index contributed by atoms with van der Waals surface area (Å²) in [7, 11) is 0. The average Bonchev–Trinajstić information content (AvgIpc) is 2.21. The monoisotopic (exact) mass is 194 g/mol. The molecule has 0 aromatic carbocycles. The molecule has 14 heavy (non-hydrogen) atoms. The third-order valence-electron chi connectivity index (χ3n) is 3.75. The van der Waals surface area contributed by atoms with Gasteiger partial charge in [-0.1, -0.05) is 33.6 Å². The molecule has 3 unspecified atom stereocenters. The van der Waals surface area contributed by atoms with Gasteiger partial charge in [0.15, 0.2) is 0 Å². The van der Waals surface area contributed by atoms with Crippen molar-refractivity contribution in [3.63, 3.8) is 0 Å². The summed E-state index contributed by atoms with van der Waals surface area (Å²) >= 11 is 0. The summed E-state index contributed by atoms with van der Waals surface area (Å²) in [6, 6.07) is 2.52. The van der Waals surface area contributed by atoms with Gasteiger partial charge in [0.25, 0.3) is 0 Å². The van der Waals surface area contributed by atoms with Crippen molar-refractivity contribution in [1.82, 2.24) is 5.32 Å². The summed E-state index contributed by atoms with van der Waals surface area (Å²) < 4.78 is 0. The first-order valence-electron chi connectivity index (χ1n) is 5.82. The molecular weight excluding hydrogens is 172 g/mol. The lowest BCUT2D eigenvalue weighted by Gasteiger charge is -2.41. The van der Waals surface area contributed by atoms with E-state index in [9.17, 15) is 5.26 Å². The second-order valence-corrected chi connectivity index (χ2v) is 4.67. The van der Waals surface area contributed by atoms with Crippen molar-refractivity contribution in [2.24, 2.45) is 11.8 Å². The molecule has 80 valence electrons. The SMILES string of the molecule is CCCNC1(C#N)CCCC(C)C1C. The molecule has 1 saturated carbocycles. The predicted octanol–water partition coefficient (Wildman–Crippen LogP) is 2.70. The predicted molar refractivity (Wildman–Crippen MR) is 58.8 cm³/mol. The first kappa shape index (κ1) is 11.5. The van der Waals surface area contributed by atoms with Crippen LogP contribution in [0.1, 0.15) is 46.5 Å². The Kier molecular flexibility index (Phi) is 3.95. The molecule has 0 aliphatic heterocycles. The standard InChI is InChI=1S/C12H22N2/c1-4-8-14-12(9-13)7-5-6-10(2)11(12)3/h10-11,14H,4-8H2,1-3H3. The Morgan fingerprint density at radius 1 is 1.50 bits per heavy atom. The zero-order chi connectivity index (χ0) is 10.6. The Labute approximate surface area is 87.7 Å². The Bertz CT molecular complexity index is 219. The number of nitrogens with one attached hydrogen (secondary N) is 1. The van der Waals surface area contributed by atoms with Crippen molar-refractivity contribution < 1.29 is 0 Å². The Morgan fingerprint density at radius 2 is 2.21 bits per heavy atom. The first-order chi connectivity index (χ1) is 6.66. The van der Waals surface area contributed by atoms with Crippen molar-refractivity contribution in [1.29, 1.82) is 5.26 Å². The lowest BCUT2D eigenvalue weighted by atomic mass is 9.69. The molecule has 0 aromatic rings. The van der Waals surface area contributed by atoms with Gasteiger partial charge in [-0.15, -0.1) is 0 Å². The van der Waals surface area contributed by atoms with Gasteiger partial charge in [-0.3, -0.25) is 5.32 Å². The first-order valence-corrected chi connectivity index (χ1v) is 5.82. The second-order valence-electron chi connectivity index (χ2n) is 4.67. The molecule has 2 heteroatoms. The van der Waals surface area contributed by atoms with Crippen LogP contribution in [0, 0.1) is 23.2 Å². The van der Waals surface area contributed by atoms with Crippen molar-refractivity contribution in [3.8, 4) is 6.07 Å². The fourth-order valence-electron chi connectivity index (χ4n) is 2.46. The van der Waals surface area contributed by atoms with Gasteiger partial charge in [-0.25, -0.2) is 0 Å². The topological polar surface area (TPSA) is 35.8 Å². The maximum absolute atomic E-state index is 9.34. The quantitative estimate of drug-likeness (QED) is 0.750. The summed E-state index contributed by atoms with van der Waals surface area (Å²) in [6.07, 6.45) is 4.59. The maximum Gasteiger partial charge on any atom is 0.109 e. The highest BCUT2D eigenvalue weighted by Gasteiger charge is 2.41. The molecule has 1 N–H and O–H groups in total. The van der Waals surface area contributed by atoms with E-state index in [1.54, 1.807) is 0 Å². The highest BCUT2D eigenvalue weighted by atomic mass is 15.0. The van der Waals surface area contributed by atoms with Gasteiger partial charge in [-0.2, -0.15) is 5.26 Å². The number of nitrogens with zero attached hydrogens (tertiary/aromatic N) is 1. The van der Waals surface area contributed by atoms with Gasteiger partial charge in [0.05, 0.1) is 6.07 Å². The molecule has 0 heterocycles. The average molecular weight is 194 g/mol. The molecule has 1 aliphatic carbocycles. The van der Waals surface area contributed by atoms with Crippen LogP contribution in [-0.4, -0.2) is 12.1 Å². The fourth-order valence-corrected chi connectivity index (χ4v) is 2.46. The van der Waals surface area contributed by atoms with E-state index in [0.717, 1.165) is 19.4 Å². The Balaban J connectivity index is 2.71. The van der Waals surface area contributed by atoms with Crippen LogP contribution in [-0.2, 0) is 0 Å². The minimum Gasteiger partial charge on any atom is -0.299 e. The van der Waals surface area contributed by atoms with Gasteiger partial charge in [0.1, 0.15) is 5.54 Å². The van der Waals surface area contributed by atoms with Gasteiger partial charge < -0.3 is 0 Å². The molecule has 1 fully saturated rings. The van der Waals surface area contributed by atoms with E-state index >= 15 is 0 Å². The molecule has 0 aromatic heterocycles. The lowest BCUT2D eigenvalue weighted by molar-refractivity contribution is 0.153. The minimum absolute atomic E-state index is 0.242. The van der Waals surface area contributed by atoms with E-state index in [0.29, 0.717) is 11.8 Å². The van der Waals surface area contributed by atoms with Crippen molar-refractivity contribution in [2.45, 2.75) is 52.0 Å². The van der Waals surface area contributed by atoms with Crippen LogP contribution in [0.4, 0.5) is 0 Å². The van der Waals surface area contributed by atoms with E-state index in [2.05, 4.69) is 32.2 Å². The fraction of sp³-hybridized carbons (Fsp3) is 0.917. The normalized spacial score (nSPS) is 37.9. The van der Waals surface area contributed by atoms with Crippen LogP contribution in [0.5, 0.6) is 0 Å². The van der Waals surface area contributed by atoms with E-state index < -0.39 is 0 Å². The molecular formula is C12H22N2. The molecule has 2 nitrogen and oxygen atoms in total. The third-order valence-corrected chi connectivity index (χ3v) is 3.75. The maximum atomic E-state index is 9.34. The molecule has 3 atom stereocenters. The Hall–Kier alpha value is -0.550. The van der Waals surface area contributed by atoms with Crippen LogP contribution >= 0.6 is 0 Å².